The van der Waals surface area contributed by atoms with Gasteiger partial charge in [-0.15, -0.1) is 0 Å². The van der Waals surface area contributed by atoms with Gasteiger partial charge in [0.05, 0.1) is 12.2 Å². The first-order valence-corrected chi connectivity index (χ1v) is 11.3. The van der Waals surface area contributed by atoms with Gasteiger partial charge in [-0.25, -0.2) is 14.8 Å². The van der Waals surface area contributed by atoms with Crippen molar-refractivity contribution in [1.82, 2.24) is 9.97 Å². The third-order valence-corrected chi connectivity index (χ3v) is 5.28. The van der Waals surface area contributed by atoms with Crippen LogP contribution in [0.3, 0.4) is 0 Å². The summed E-state index contributed by atoms with van der Waals surface area (Å²) in [6.45, 7) is 6.08. The maximum atomic E-state index is 13.7. The van der Waals surface area contributed by atoms with Crippen LogP contribution >= 0.6 is 0 Å². The van der Waals surface area contributed by atoms with E-state index in [0.717, 1.165) is 30.5 Å². The number of carbonyl (C=O) groups is 1. The van der Waals surface area contributed by atoms with Crippen LogP contribution in [0.1, 0.15) is 43.2 Å². The van der Waals surface area contributed by atoms with Gasteiger partial charge in [-0.3, -0.25) is 0 Å². The van der Waals surface area contributed by atoms with E-state index >= 15 is 0 Å². The average molecular weight is 542 g/mol. The summed E-state index contributed by atoms with van der Waals surface area (Å²) in [7, 11) is 0. The van der Waals surface area contributed by atoms with Crippen molar-refractivity contribution < 1.29 is 45.3 Å². The fraction of sp³-hybridized carbons (Fsp3) is 0.346. The Morgan fingerprint density at radius 3 is 2.16 bits per heavy atom. The maximum Gasteiger partial charge on any atom is 0.433 e. The molecule has 204 valence electrons. The Morgan fingerprint density at radius 1 is 0.947 bits per heavy atom. The van der Waals surface area contributed by atoms with Gasteiger partial charge in [0.2, 0.25) is 0 Å². The van der Waals surface area contributed by atoms with Crippen molar-refractivity contribution in [1.29, 1.82) is 0 Å². The highest BCUT2D eigenvalue weighted by Crippen LogP contribution is 2.34. The Hall–Kier alpha value is -3.83. The van der Waals surface area contributed by atoms with E-state index in [1.165, 1.54) is 18.2 Å². The second kappa shape index (κ2) is 10.9. The quantitative estimate of drug-likeness (QED) is 0.231. The van der Waals surface area contributed by atoms with Crippen LogP contribution in [0, 0.1) is 6.92 Å². The maximum absolute atomic E-state index is 13.7. The van der Waals surface area contributed by atoms with Crippen molar-refractivity contribution in [2.24, 2.45) is 0 Å². The number of benzene rings is 2. The predicted molar refractivity (Wildman–Crippen MR) is 124 cm³/mol. The summed E-state index contributed by atoms with van der Waals surface area (Å²) >= 11 is 0. The van der Waals surface area contributed by atoms with Gasteiger partial charge < -0.3 is 14.2 Å². The molecule has 3 rings (SSSR count). The summed E-state index contributed by atoms with van der Waals surface area (Å²) in [5, 5.41) is 0. The Balaban J connectivity index is 1.79. The minimum absolute atomic E-state index is 0.00655. The van der Waals surface area contributed by atoms with E-state index in [-0.39, 0.29) is 29.3 Å². The summed E-state index contributed by atoms with van der Waals surface area (Å²) in [4.78, 5) is 19.5. The molecule has 0 aliphatic carbocycles. The van der Waals surface area contributed by atoms with E-state index in [0.29, 0.717) is 11.3 Å². The molecule has 38 heavy (non-hydrogen) atoms. The highest BCUT2D eigenvalue weighted by Gasteiger charge is 2.37. The summed E-state index contributed by atoms with van der Waals surface area (Å²) in [6, 6.07) is 8.00. The lowest BCUT2D eigenvalue weighted by Gasteiger charge is -2.25. The zero-order valence-corrected chi connectivity index (χ0v) is 20.8. The highest BCUT2D eigenvalue weighted by molar-refractivity contribution is 5.79. The molecule has 6 nitrogen and oxygen atoms in total. The van der Waals surface area contributed by atoms with Crippen LogP contribution in [0.15, 0.2) is 48.7 Å². The lowest BCUT2D eigenvalue weighted by molar-refractivity contribution is -0.158. The molecule has 2 aromatic carbocycles. The standard InChI is InChI=1S/C26H24F6N2O4/c1-5-36-23(35)24(3,4)38-20-11-10-19(12-15(20)2)37-14-17-13-33-22(34-21(17)26(30,31)32)16-6-8-18(9-7-16)25(27,28)29/h6-13H,5,14H2,1-4H3. The summed E-state index contributed by atoms with van der Waals surface area (Å²) in [6.07, 6.45) is -8.53. The van der Waals surface area contributed by atoms with Gasteiger partial charge in [0.1, 0.15) is 18.1 Å². The summed E-state index contributed by atoms with van der Waals surface area (Å²) in [5.41, 5.74) is -3.29. The number of ether oxygens (including phenoxy) is 3. The number of alkyl halides is 6. The van der Waals surface area contributed by atoms with Crippen LogP contribution < -0.4 is 9.47 Å². The molecule has 0 radical (unpaired) electrons. The number of hydrogen-bond acceptors (Lipinski definition) is 6. The van der Waals surface area contributed by atoms with E-state index < -0.39 is 41.8 Å². The van der Waals surface area contributed by atoms with Crippen molar-refractivity contribution in [2.45, 2.75) is 52.3 Å². The smallest absolute Gasteiger partial charge is 0.433 e. The monoisotopic (exact) mass is 542 g/mol. The topological polar surface area (TPSA) is 70.5 Å². The number of carbonyl (C=O) groups excluding carboxylic acids is 1. The Labute approximate surface area is 214 Å². The van der Waals surface area contributed by atoms with Gasteiger partial charge in [-0.2, -0.15) is 26.3 Å². The molecule has 0 aliphatic rings. The molecule has 1 heterocycles. The molecule has 0 aliphatic heterocycles. The van der Waals surface area contributed by atoms with Crippen LogP contribution in [-0.2, 0) is 28.5 Å². The number of halogens is 6. The van der Waals surface area contributed by atoms with Gasteiger partial charge in [0.25, 0.3) is 0 Å². The van der Waals surface area contributed by atoms with Crippen molar-refractivity contribution >= 4 is 5.97 Å². The third kappa shape index (κ3) is 6.93. The Morgan fingerprint density at radius 2 is 1.61 bits per heavy atom. The SMILES string of the molecule is CCOC(=O)C(C)(C)Oc1ccc(OCc2cnc(-c3ccc(C(F)(F)F)cc3)nc2C(F)(F)F)cc1C. The van der Waals surface area contributed by atoms with Crippen LogP contribution in [0.25, 0.3) is 11.4 Å². The highest BCUT2D eigenvalue weighted by atomic mass is 19.4. The molecule has 3 aromatic rings. The largest absolute Gasteiger partial charge is 0.489 e. The van der Waals surface area contributed by atoms with E-state index in [9.17, 15) is 31.1 Å². The Bertz CT molecular complexity index is 1290. The number of aromatic nitrogens is 2. The molecule has 0 amide bonds. The van der Waals surface area contributed by atoms with Crippen molar-refractivity contribution in [3.63, 3.8) is 0 Å². The normalized spacial score (nSPS) is 12.3. The molecule has 1 aromatic heterocycles. The van der Waals surface area contributed by atoms with Gasteiger partial charge >= 0.3 is 18.3 Å². The average Bonchev–Trinajstić information content (AvgIpc) is 2.83. The first kappa shape index (κ1) is 28.7. The predicted octanol–water partition coefficient (Wildman–Crippen LogP) is 6.79. The Kier molecular flexibility index (Phi) is 8.23. The first-order valence-electron chi connectivity index (χ1n) is 11.3. The minimum atomic E-state index is -4.87. The molecular formula is C26H24F6N2O4. The fourth-order valence-corrected chi connectivity index (χ4v) is 3.31. The minimum Gasteiger partial charge on any atom is -0.489 e. The van der Waals surface area contributed by atoms with Crippen molar-refractivity contribution in [3.8, 4) is 22.9 Å². The van der Waals surface area contributed by atoms with Gasteiger partial charge in [0, 0.05) is 17.3 Å². The molecule has 0 spiro atoms. The second-order valence-electron chi connectivity index (χ2n) is 8.69. The first-order chi connectivity index (χ1) is 17.6. The van der Waals surface area contributed by atoms with Crippen LogP contribution in [-0.4, -0.2) is 28.1 Å². The molecule has 0 atom stereocenters. The molecule has 12 heteroatoms. The molecule has 0 N–H and O–H groups in total. The molecule has 0 fully saturated rings. The molecule has 0 saturated heterocycles. The molecule has 0 bridgehead atoms. The zero-order chi connectivity index (χ0) is 28.3. The van der Waals surface area contributed by atoms with Crippen molar-refractivity contribution in [2.75, 3.05) is 6.61 Å². The molecular weight excluding hydrogens is 518 g/mol. The number of nitrogens with zero attached hydrogens (tertiary/aromatic N) is 2. The molecule has 0 saturated carbocycles. The van der Waals surface area contributed by atoms with Crippen LogP contribution in [0.4, 0.5) is 26.3 Å². The summed E-state index contributed by atoms with van der Waals surface area (Å²) < 4.78 is 95.8. The van der Waals surface area contributed by atoms with Crippen LogP contribution in [0.5, 0.6) is 11.5 Å². The number of hydrogen-bond donors (Lipinski definition) is 0. The zero-order valence-electron chi connectivity index (χ0n) is 20.8. The van der Waals surface area contributed by atoms with Gasteiger partial charge in [0.15, 0.2) is 17.1 Å². The summed E-state index contributed by atoms with van der Waals surface area (Å²) in [5.74, 6) is -0.352. The lowest BCUT2D eigenvalue weighted by atomic mass is 10.1. The van der Waals surface area contributed by atoms with E-state index in [2.05, 4.69) is 9.97 Å². The van der Waals surface area contributed by atoms with Crippen LogP contribution in [0.2, 0.25) is 0 Å². The van der Waals surface area contributed by atoms with E-state index in [1.807, 2.05) is 0 Å². The third-order valence-electron chi connectivity index (χ3n) is 5.28. The second-order valence-corrected chi connectivity index (χ2v) is 8.69. The van der Waals surface area contributed by atoms with Crippen molar-refractivity contribution in [3.05, 3.63) is 71.0 Å². The van der Waals surface area contributed by atoms with Gasteiger partial charge in [-0.1, -0.05) is 12.1 Å². The fourth-order valence-electron chi connectivity index (χ4n) is 3.31. The molecule has 0 unspecified atom stereocenters. The number of rotatable bonds is 8. The lowest BCUT2D eigenvalue weighted by Crippen LogP contribution is -2.39. The van der Waals surface area contributed by atoms with E-state index in [1.54, 1.807) is 27.7 Å². The number of esters is 1. The number of aryl methyl sites for hydroxylation is 1. The van der Waals surface area contributed by atoms with E-state index in [4.69, 9.17) is 14.2 Å². The van der Waals surface area contributed by atoms with Gasteiger partial charge in [-0.05, 0) is 63.6 Å².